The van der Waals surface area contributed by atoms with E-state index in [-0.39, 0.29) is 24.2 Å². The molecule has 5 rings (SSSR count). The molecule has 0 aliphatic carbocycles. The van der Waals surface area contributed by atoms with Gasteiger partial charge >= 0.3 is 0 Å². The molecule has 7 heteroatoms. The third-order valence-corrected chi connectivity index (χ3v) is 6.23. The van der Waals surface area contributed by atoms with Crippen molar-refractivity contribution in [1.29, 1.82) is 0 Å². The zero-order valence-corrected chi connectivity index (χ0v) is 17.4. The summed E-state index contributed by atoms with van der Waals surface area (Å²) in [6.45, 7) is 0.950. The van der Waals surface area contributed by atoms with Gasteiger partial charge in [0.05, 0.1) is 28.4 Å². The molecular weight excluding hydrogens is 413 g/mol. The van der Waals surface area contributed by atoms with Gasteiger partial charge in [0, 0.05) is 6.54 Å². The molecule has 1 atom stereocenters. The first kappa shape index (κ1) is 19.5. The van der Waals surface area contributed by atoms with E-state index in [0.29, 0.717) is 18.3 Å². The average molecular weight is 434 g/mol. The van der Waals surface area contributed by atoms with Crippen molar-refractivity contribution in [3.63, 3.8) is 0 Å². The lowest BCUT2D eigenvalue weighted by Crippen LogP contribution is -2.44. The van der Waals surface area contributed by atoms with E-state index in [1.165, 1.54) is 23.5 Å². The highest BCUT2D eigenvalue weighted by Gasteiger charge is 2.29. The van der Waals surface area contributed by atoms with Crippen LogP contribution < -0.4 is 15.0 Å². The molecule has 1 aliphatic heterocycles. The van der Waals surface area contributed by atoms with E-state index in [1.807, 2.05) is 48.5 Å². The Morgan fingerprint density at radius 3 is 2.71 bits per heavy atom. The lowest BCUT2D eigenvalue weighted by molar-refractivity contribution is -0.116. The van der Waals surface area contributed by atoms with E-state index in [4.69, 9.17) is 4.74 Å². The van der Waals surface area contributed by atoms with E-state index < -0.39 is 0 Å². The minimum atomic E-state index is -0.266. The van der Waals surface area contributed by atoms with Crippen molar-refractivity contribution < 1.29 is 13.9 Å². The SMILES string of the molecule is O=C(C[C@@H]1COc2ccccc2N1Cc1ccc(F)cc1)Nc1nc2ccccc2s1. The van der Waals surface area contributed by atoms with Crippen LogP contribution in [0.15, 0.2) is 72.8 Å². The Labute approximate surface area is 183 Å². The van der Waals surface area contributed by atoms with E-state index in [9.17, 15) is 9.18 Å². The number of nitrogens with one attached hydrogen (secondary N) is 1. The van der Waals surface area contributed by atoms with Gasteiger partial charge in [0.25, 0.3) is 0 Å². The number of carbonyl (C=O) groups is 1. The topological polar surface area (TPSA) is 54.5 Å². The molecule has 0 unspecified atom stereocenters. The highest BCUT2D eigenvalue weighted by molar-refractivity contribution is 7.22. The molecule has 156 valence electrons. The number of thiazole rings is 1. The molecule has 0 bridgehead atoms. The molecule has 0 radical (unpaired) electrons. The number of aromatic nitrogens is 1. The predicted molar refractivity (Wildman–Crippen MR) is 121 cm³/mol. The van der Waals surface area contributed by atoms with E-state index in [2.05, 4.69) is 15.2 Å². The molecule has 0 fully saturated rings. The smallest absolute Gasteiger partial charge is 0.228 e. The number of ether oxygens (including phenoxy) is 1. The van der Waals surface area contributed by atoms with Crippen molar-refractivity contribution in [2.75, 3.05) is 16.8 Å². The summed E-state index contributed by atoms with van der Waals surface area (Å²) in [5.41, 5.74) is 2.77. The Morgan fingerprint density at radius 1 is 1.10 bits per heavy atom. The Kier molecular flexibility index (Phi) is 5.26. The summed E-state index contributed by atoms with van der Waals surface area (Å²) in [4.78, 5) is 19.5. The van der Waals surface area contributed by atoms with Gasteiger partial charge in [-0.25, -0.2) is 9.37 Å². The highest BCUT2D eigenvalue weighted by atomic mass is 32.1. The maximum atomic E-state index is 13.3. The number of fused-ring (bicyclic) bond motifs is 2. The maximum Gasteiger partial charge on any atom is 0.228 e. The molecule has 5 nitrogen and oxygen atoms in total. The number of carbonyl (C=O) groups excluding carboxylic acids is 1. The zero-order chi connectivity index (χ0) is 21.2. The van der Waals surface area contributed by atoms with E-state index >= 15 is 0 Å². The third kappa shape index (κ3) is 4.22. The van der Waals surface area contributed by atoms with Crippen LogP contribution in [0.2, 0.25) is 0 Å². The molecule has 3 aromatic carbocycles. The van der Waals surface area contributed by atoms with Crippen molar-refractivity contribution in [1.82, 2.24) is 4.98 Å². The second-order valence-corrected chi connectivity index (χ2v) is 8.46. The molecule has 4 aromatic rings. The third-order valence-electron chi connectivity index (χ3n) is 5.27. The number of benzene rings is 3. The van der Waals surface area contributed by atoms with Crippen LogP contribution in [0.3, 0.4) is 0 Å². The van der Waals surface area contributed by atoms with Gasteiger partial charge in [-0.2, -0.15) is 0 Å². The number of nitrogens with zero attached hydrogens (tertiary/aromatic N) is 2. The molecule has 0 saturated carbocycles. The first-order valence-electron chi connectivity index (χ1n) is 10.0. The summed E-state index contributed by atoms with van der Waals surface area (Å²) < 4.78 is 20.3. The minimum absolute atomic E-state index is 0.115. The lowest BCUT2D eigenvalue weighted by atomic mass is 10.1. The van der Waals surface area contributed by atoms with E-state index in [1.54, 1.807) is 12.1 Å². The Balaban J connectivity index is 1.35. The molecule has 2 heterocycles. The van der Waals surface area contributed by atoms with Crippen LogP contribution in [0, 0.1) is 5.82 Å². The summed E-state index contributed by atoms with van der Waals surface area (Å²) in [7, 11) is 0. The number of halogens is 1. The molecule has 0 spiro atoms. The minimum Gasteiger partial charge on any atom is -0.489 e. The number of rotatable bonds is 5. The second kappa shape index (κ2) is 8.35. The first-order chi connectivity index (χ1) is 15.2. The van der Waals surface area contributed by atoms with Crippen molar-refractivity contribution in [3.8, 4) is 5.75 Å². The molecule has 1 aromatic heterocycles. The van der Waals surface area contributed by atoms with E-state index in [0.717, 1.165) is 27.2 Å². The highest BCUT2D eigenvalue weighted by Crippen LogP contribution is 2.36. The summed E-state index contributed by atoms with van der Waals surface area (Å²) in [6, 6.07) is 21.9. The fraction of sp³-hybridized carbons (Fsp3) is 0.167. The van der Waals surface area contributed by atoms with Crippen LogP contribution in [-0.2, 0) is 11.3 Å². The zero-order valence-electron chi connectivity index (χ0n) is 16.6. The molecule has 1 aliphatic rings. The van der Waals surface area contributed by atoms with Crippen LogP contribution in [-0.4, -0.2) is 23.5 Å². The standard InChI is InChI=1S/C24H20FN3O2S/c25-17-11-9-16(10-12-17)14-28-18(15-30-21-7-3-2-6-20(21)28)13-23(29)27-24-26-19-5-1-4-8-22(19)31-24/h1-12,18H,13-15H2,(H,26,27,29)/t18-/m1/s1. The number of hydrogen-bond acceptors (Lipinski definition) is 5. The van der Waals surface area contributed by atoms with Crippen molar-refractivity contribution in [2.45, 2.75) is 19.0 Å². The number of para-hydroxylation sites is 3. The number of amides is 1. The van der Waals surface area contributed by atoms with Gasteiger partial charge in [0.15, 0.2) is 5.13 Å². The van der Waals surface area contributed by atoms with Crippen LogP contribution in [0.4, 0.5) is 15.2 Å². The lowest BCUT2D eigenvalue weighted by Gasteiger charge is -2.38. The summed E-state index contributed by atoms with van der Waals surface area (Å²) in [6.07, 6.45) is 0.255. The first-order valence-corrected chi connectivity index (χ1v) is 10.9. The van der Waals surface area contributed by atoms with Crippen molar-refractivity contribution >= 4 is 38.3 Å². The molecule has 0 saturated heterocycles. The Bertz CT molecular complexity index is 1190. The molecule has 1 N–H and O–H groups in total. The largest absolute Gasteiger partial charge is 0.489 e. The van der Waals surface area contributed by atoms with Gasteiger partial charge in [-0.3, -0.25) is 4.79 Å². The van der Waals surface area contributed by atoms with Crippen LogP contribution >= 0.6 is 11.3 Å². The number of hydrogen-bond donors (Lipinski definition) is 1. The normalized spacial score (nSPS) is 15.4. The van der Waals surface area contributed by atoms with Crippen LogP contribution in [0.25, 0.3) is 10.2 Å². The molecule has 31 heavy (non-hydrogen) atoms. The monoisotopic (exact) mass is 433 g/mol. The summed E-state index contributed by atoms with van der Waals surface area (Å²) >= 11 is 1.46. The molecular formula is C24H20FN3O2S. The van der Waals surface area contributed by atoms with Crippen molar-refractivity contribution in [3.05, 3.63) is 84.2 Å². The average Bonchev–Trinajstić information content (AvgIpc) is 3.19. The molecule has 1 amide bonds. The Morgan fingerprint density at radius 2 is 1.87 bits per heavy atom. The summed E-state index contributed by atoms with van der Waals surface area (Å²) in [5.74, 6) is 0.404. The van der Waals surface area contributed by atoms with Crippen LogP contribution in [0.5, 0.6) is 5.75 Å². The summed E-state index contributed by atoms with van der Waals surface area (Å²) in [5, 5.41) is 3.52. The second-order valence-electron chi connectivity index (χ2n) is 7.43. The maximum absolute atomic E-state index is 13.3. The number of anilines is 2. The fourth-order valence-electron chi connectivity index (χ4n) is 3.77. The predicted octanol–water partition coefficient (Wildman–Crippen LogP) is 5.23. The van der Waals surface area contributed by atoms with Gasteiger partial charge in [-0.15, -0.1) is 0 Å². The van der Waals surface area contributed by atoms with Gasteiger partial charge in [0.2, 0.25) is 5.91 Å². The quantitative estimate of drug-likeness (QED) is 0.468. The van der Waals surface area contributed by atoms with Gasteiger partial charge < -0.3 is 15.0 Å². The Hall–Kier alpha value is -3.45. The van der Waals surface area contributed by atoms with Gasteiger partial charge in [-0.05, 0) is 42.0 Å². The van der Waals surface area contributed by atoms with Gasteiger partial charge in [-0.1, -0.05) is 47.7 Å². The fourth-order valence-corrected chi connectivity index (χ4v) is 4.65. The van der Waals surface area contributed by atoms with Crippen LogP contribution in [0.1, 0.15) is 12.0 Å². The van der Waals surface area contributed by atoms with Gasteiger partial charge in [0.1, 0.15) is 18.2 Å². The van der Waals surface area contributed by atoms with Crippen molar-refractivity contribution in [2.24, 2.45) is 0 Å².